The second-order valence-electron chi connectivity index (χ2n) is 5.01. The number of ether oxygens (including phenoxy) is 6. The predicted molar refractivity (Wildman–Crippen MR) is 73.6 cm³/mol. The molecule has 4 atom stereocenters. The summed E-state index contributed by atoms with van der Waals surface area (Å²) in [5.41, 5.74) is 0. The van der Waals surface area contributed by atoms with E-state index in [0.717, 1.165) is 11.5 Å². The quantitative estimate of drug-likeness (QED) is 0.736. The molecule has 21 heavy (non-hydrogen) atoms. The molecule has 0 bridgehead atoms. The minimum absolute atomic E-state index is 0.00823. The Labute approximate surface area is 123 Å². The second-order valence-corrected chi connectivity index (χ2v) is 5.01. The molecule has 0 saturated carbocycles. The van der Waals surface area contributed by atoms with Crippen molar-refractivity contribution in [1.29, 1.82) is 0 Å². The van der Waals surface area contributed by atoms with Crippen LogP contribution >= 0.6 is 0 Å². The average Bonchev–Trinajstić information content (AvgIpc) is 3.10. The molecule has 0 aliphatic carbocycles. The van der Waals surface area contributed by atoms with Crippen LogP contribution in [-0.2, 0) is 18.9 Å². The number of methoxy groups -OCH3 is 2. The number of fused-ring (bicyclic) bond motifs is 1. The first kappa shape index (κ1) is 14.6. The van der Waals surface area contributed by atoms with Crippen LogP contribution in [0.2, 0.25) is 0 Å². The zero-order valence-electron chi connectivity index (χ0n) is 12.2. The van der Waals surface area contributed by atoms with Gasteiger partial charge in [0.15, 0.2) is 6.79 Å². The fraction of sp³-hybridized carbons (Fsp3) is 0.600. The lowest BCUT2D eigenvalue weighted by Gasteiger charge is -2.17. The maximum Gasteiger partial charge on any atom is 0.189 e. The third-order valence-corrected chi connectivity index (χ3v) is 3.83. The van der Waals surface area contributed by atoms with Crippen LogP contribution in [-0.4, -0.2) is 58.6 Å². The molecule has 3 rings (SSSR count). The van der Waals surface area contributed by atoms with Crippen LogP contribution in [0.4, 0.5) is 0 Å². The Hall–Kier alpha value is -1.34. The van der Waals surface area contributed by atoms with Crippen LogP contribution in [0.1, 0.15) is 0 Å². The van der Waals surface area contributed by atoms with Crippen molar-refractivity contribution >= 4 is 0 Å². The van der Waals surface area contributed by atoms with Crippen molar-refractivity contribution in [3.63, 3.8) is 0 Å². The van der Waals surface area contributed by atoms with Crippen molar-refractivity contribution in [3.05, 3.63) is 24.3 Å². The van der Waals surface area contributed by atoms with Crippen molar-refractivity contribution in [2.45, 2.75) is 24.4 Å². The van der Waals surface area contributed by atoms with Crippen molar-refractivity contribution in [1.82, 2.24) is 0 Å². The molecule has 2 heterocycles. The Bertz CT molecular complexity index is 448. The van der Waals surface area contributed by atoms with Gasteiger partial charge < -0.3 is 28.4 Å². The lowest BCUT2D eigenvalue weighted by Crippen LogP contribution is -2.34. The van der Waals surface area contributed by atoms with Gasteiger partial charge in [0.25, 0.3) is 0 Å². The zero-order valence-corrected chi connectivity index (χ0v) is 12.2. The van der Waals surface area contributed by atoms with Crippen LogP contribution in [0, 0.1) is 0 Å². The molecule has 2 aliphatic heterocycles. The molecule has 0 spiro atoms. The van der Waals surface area contributed by atoms with Gasteiger partial charge in [-0.15, -0.1) is 0 Å². The number of rotatable bonds is 6. The maximum atomic E-state index is 5.71. The number of benzene rings is 1. The first-order chi connectivity index (χ1) is 10.3. The standard InChI is InChI=1S/C15H20O6/c1-16-10-3-5-11(6-4-10)20-9-21-13-8-19-14-12(17-2)7-18-15(13)14/h3-6,12-15H,7-9H2,1-2H3. The highest BCUT2D eigenvalue weighted by Gasteiger charge is 2.48. The summed E-state index contributed by atoms with van der Waals surface area (Å²) in [4.78, 5) is 0. The minimum atomic E-state index is -0.117. The SMILES string of the molecule is COc1ccc(OCOC2COC3C(OC)COC23)cc1. The Balaban J connectivity index is 1.45. The minimum Gasteiger partial charge on any atom is -0.497 e. The monoisotopic (exact) mass is 296 g/mol. The van der Waals surface area contributed by atoms with Crippen molar-refractivity contribution in [2.24, 2.45) is 0 Å². The third-order valence-electron chi connectivity index (χ3n) is 3.83. The zero-order chi connectivity index (χ0) is 14.7. The van der Waals surface area contributed by atoms with E-state index in [4.69, 9.17) is 28.4 Å². The van der Waals surface area contributed by atoms with Gasteiger partial charge in [0.1, 0.15) is 35.9 Å². The third kappa shape index (κ3) is 3.13. The summed E-state index contributed by atoms with van der Waals surface area (Å²) < 4.78 is 33.0. The van der Waals surface area contributed by atoms with Crippen LogP contribution in [0.15, 0.2) is 24.3 Å². The summed E-state index contributed by atoms with van der Waals surface area (Å²) in [6.07, 6.45) is -0.241. The van der Waals surface area contributed by atoms with Crippen LogP contribution in [0.5, 0.6) is 11.5 Å². The second kappa shape index (κ2) is 6.62. The summed E-state index contributed by atoms with van der Waals surface area (Å²) in [6, 6.07) is 7.35. The van der Waals surface area contributed by atoms with Gasteiger partial charge in [0.2, 0.25) is 0 Å². The Morgan fingerprint density at radius 2 is 1.57 bits per heavy atom. The van der Waals surface area contributed by atoms with Crippen LogP contribution in [0.3, 0.4) is 0 Å². The molecule has 0 aromatic heterocycles. The van der Waals surface area contributed by atoms with E-state index in [1.165, 1.54) is 0 Å². The molecule has 6 heteroatoms. The molecule has 6 nitrogen and oxygen atoms in total. The lowest BCUT2D eigenvalue weighted by atomic mass is 10.1. The number of hydrogen-bond acceptors (Lipinski definition) is 6. The molecule has 116 valence electrons. The van der Waals surface area contributed by atoms with Crippen molar-refractivity contribution in [3.8, 4) is 11.5 Å². The van der Waals surface area contributed by atoms with Gasteiger partial charge in [-0.3, -0.25) is 0 Å². The van der Waals surface area contributed by atoms with Crippen molar-refractivity contribution < 1.29 is 28.4 Å². The lowest BCUT2D eigenvalue weighted by molar-refractivity contribution is -0.0844. The molecule has 1 aromatic carbocycles. The summed E-state index contributed by atoms with van der Waals surface area (Å²) in [7, 11) is 3.30. The Morgan fingerprint density at radius 1 is 0.952 bits per heavy atom. The van der Waals surface area contributed by atoms with Gasteiger partial charge in [-0.2, -0.15) is 0 Å². The Morgan fingerprint density at radius 3 is 2.24 bits per heavy atom. The van der Waals surface area contributed by atoms with E-state index in [2.05, 4.69) is 0 Å². The van der Waals surface area contributed by atoms with Gasteiger partial charge in [0, 0.05) is 7.11 Å². The predicted octanol–water partition coefficient (Wildman–Crippen LogP) is 1.23. The highest BCUT2D eigenvalue weighted by molar-refractivity contribution is 5.30. The average molecular weight is 296 g/mol. The molecule has 0 radical (unpaired) electrons. The van der Waals surface area contributed by atoms with E-state index in [1.54, 1.807) is 14.2 Å². The van der Waals surface area contributed by atoms with Crippen molar-refractivity contribution in [2.75, 3.05) is 34.2 Å². The largest absolute Gasteiger partial charge is 0.497 e. The van der Waals surface area contributed by atoms with Gasteiger partial charge in [0.05, 0.1) is 20.3 Å². The maximum absolute atomic E-state index is 5.71. The highest BCUT2D eigenvalue weighted by atomic mass is 16.7. The van der Waals surface area contributed by atoms with E-state index in [0.29, 0.717) is 13.2 Å². The summed E-state index contributed by atoms with van der Waals surface area (Å²) in [5.74, 6) is 1.52. The van der Waals surface area contributed by atoms with Crippen LogP contribution < -0.4 is 9.47 Å². The van der Waals surface area contributed by atoms with E-state index >= 15 is 0 Å². The summed E-state index contributed by atoms with van der Waals surface area (Å²) in [5, 5.41) is 0. The Kier molecular flexibility index (Phi) is 4.60. The fourth-order valence-electron chi connectivity index (χ4n) is 2.64. The highest BCUT2D eigenvalue weighted by Crippen LogP contribution is 2.30. The summed E-state index contributed by atoms with van der Waals surface area (Å²) >= 11 is 0. The molecule has 0 N–H and O–H groups in total. The topological polar surface area (TPSA) is 55.4 Å². The molecular formula is C15H20O6. The molecular weight excluding hydrogens is 276 g/mol. The molecule has 2 aliphatic rings. The normalized spacial score (nSPS) is 31.1. The molecule has 4 unspecified atom stereocenters. The molecule has 0 amide bonds. The van der Waals surface area contributed by atoms with E-state index in [-0.39, 0.29) is 31.2 Å². The van der Waals surface area contributed by atoms with Gasteiger partial charge in [-0.05, 0) is 24.3 Å². The van der Waals surface area contributed by atoms with Crippen LogP contribution in [0.25, 0.3) is 0 Å². The van der Waals surface area contributed by atoms with E-state index in [9.17, 15) is 0 Å². The molecule has 1 aromatic rings. The molecule has 2 saturated heterocycles. The van der Waals surface area contributed by atoms with E-state index in [1.807, 2.05) is 24.3 Å². The van der Waals surface area contributed by atoms with E-state index < -0.39 is 0 Å². The number of hydrogen-bond donors (Lipinski definition) is 0. The van der Waals surface area contributed by atoms with Gasteiger partial charge >= 0.3 is 0 Å². The van der Waals surface area contributed by atoms with Gasteiger partial charge in [-0.25, -0.2) is 0 Å². The smallest absolute Gasteiger partial charge is 0.189 e. The molecule has 2 fully saturated rings. The fourth-order valence-corrected chi connectivity index (χ4v) is 2.64. The first-order valence-electron chi connectivity index (χ1n) is 6.96. The summed E-state index contributed by atoms with van der Waals surface area (Å²) in [6.45, 7) is 1.21. The first-order valence-corrected chi connectivity index (χ1v) is 6.96. The van der Waals surface area contributed by atoms with Gasteiger partial charge in [-0.1, -0.05) is 0 Å².